The maximum atomic E-state index is 12.7. The highest BCUT2D eigenvalue weighted by Gasteiger charge is 2.26. The average Bonchev–Trinajstić information content (AvgIpc) is 2.68. The SMILES string of the molecule is COc1cccc(CC(=O)N2CCCC(Oc3nccnc3N(C)C)C2)c1. The molecular formula is C20H26N4O3. The Labute approximate surface area is 159 Å². The molecule has 1 aromatic heterocycles. The third-order valence-corrected chi connectivity index (χ3v) is 4.57. The normalized spacial score (nSPS) is 16.7. The Hall–Kier alpha value is -2.83. The fourth-order valence-corrected chi connectivity index (χ4v) is 3.20. The highest BCUT2D eigenvalue weighted by molar-refractivity contribution is 5.79. The zero-order chi connectivity index (χ0) is 19.2. The molecule has 0 bridgehead atoms. The predicted octanol–water partition coefficient (Wildman–Crippen LogP) is 2.16. The van der Waals surface area contributed by atoms with E-state index < -0.39 is 0 Å². The van der Waals surface area contributed by atoms with E-state index in [-0.39, 0.29) is 12.0 Å². The number of ether oxygens (including phenoxy) is 2. The third kappa shape index (κ3) is 4.87. The van der Waals surface area contributed by atoms with Crippen molar-refractivity contribution in [3.05, 3.63) is 42.2 Å². The first-order valence-electron chi connectivity index (χ1n) is 9.12. The van der Waals surface area contributed by atoms with Gasteiger partial charge in [-0.25, -0.2) is 9.97 Å². The van der Waals surface area contributed by atoms with Crippen LogP contribution in [0, 0.1) is 0 Å². The fourth-order valence-electron chi connectivity index (χ4n) is 3.20. The number of carbonyl (C=O) groups is 1. The number of anilines is 1. The zero-order valence-corrected chi connectivity index (χ0v) is 16.1. The van der Waals surface area contributed by atoms with Gasteiger partial charge in [0.1, 0.15) is 11.9 Å². The van der Waals surface area contributed by atoms with Gasteiger partial charge in [0.2, 0.25) is 5.91 Å². The molecule has 0 N–H and O–H groups in total. The number of piperidine rings is 1. The first-order valence-corrected chi connectivity index (χ1v) is 9.12. The van der Waals surface area contributed by atoms with Gasteiger partial charge >= 0.3 is 0 Å². The van der Waals surface area contributed by atoms with E-state index in [4.69, 9.17) is 9.47 Å². The zero-order valence-electron chi connectivity index (χ0n) is 16.1. The summed E-state index contributed by atoms with van der Waals surface area (Å²) in [5.74, 6) is 2.06. The van der Waals surface area contributed by atoms with E-state index in [0.717, 1.165) is 30.7 Å². The molecule has 3 rings (SSSR count). The van der Waals surface area contributed by atoms with Crippen LogP contribution in [0.3, 0.4) is 0 Å². The topological polar surface area (TPSA) is 67.8 Å². The molecule has 0 aliphatic carbocycles. The lowest BCUT2D eigenvalue weighted by atomic mass is 10.1. The molecule has 1 atom stereocenters. The van der Waals surface area contributed by atoms with Gasteiger partial charge in [0.05, 0.1) is 20.1 Å². The van der Waals surface area contributed by atoms with Crippen LogP contribution >= 0.6 is 0 Å². The van der Waals surface area contributed by atoms with Crippen molar-refractivity contribution >= 4 is 11.7 Å². The van der Waals surface area contributed by atoms with E-state index in [2.05, 4.69) is 9.97 Å². The maximum absolute atomic E-state index is 12.7. The standard InChI is InChI=1S/C20H26N4O3/c1-23(2)19-20(22-10-9-21-19)27-17-8-5-11-24(14-17)18(25)13-15-6-4-7-16(12-15)26-3/h4,6-7,9-10,12,17H,5,8,11,13-14H2,1-3H3. The Balaban J connectivity index is 1.63. The number of likely N-dealkylation sites (tertiary alicyclic amines) is 1. The predicted molar refractivity (Wildman–Crippen MR) is 103 cm³/mol. The molecule has 7 heteroatoms. The summed E-state index contributed by atoms with van der Waals surface area (Å²) in [6.45, 7) is 1.32. The third-order valence-electron chi connectivity index (χ3n) is 4.57. The number of hydrogen-bond donors (Lipinski definition) is 0. The second-order valence-electron chi connectivity index (χ2n) is 6.83. The molecule has 0 radical (unpaired) electrons. The van der Waals surface area contributed by atoms with Crippen LogP contribution in [-0.2, 0) is 11.2 Å². The number of methoxy groups -OCH3 is 1. The highest BCUT2D eigenvalue weighted by Crippen LogP contribution is 2.24. The molecule has 1 aromatic carbocycles. The smallest absolute Gasteiger partial charge is 0.257 e. The second kappa shape index (κ2) is 8.70. The minimum absolute atomic E-state index is 0.0802. The van der Waals surface area contributed by atoms with Crippen LogP contribution in [0.4, 0.5) is 5.82 Å². The summed E-state index contributed by atoms with van der Waals surface area (Å²) < 4.78 is 11.3. The lowest BCUT2D eigenvalue weighted by molar-refractivity contribution is -0.133. The molecule has 2 heterocycles. The van der Waals surface area contributed by atoms with Crippen molar-refractivity contribution in [3.8, 4) is 11.6 Å². The molecule has 27 heavy (non-hydrogen) atoms. The van der Waals surface area contributed by atoms with Gasteiger partial charge in [-0.05, 0) is 30.5 Å². The van der Waals surface area contributed by atoms with E-state index >= 15 is 0 Å². The van der Waals surface area contributed by atoms with Gasteiger partial charge in [-0.1, -0.05) is 12.1 Å². The Bertz CT molecular complexity index is 781. The molecule has 1 saturated heterocycles. The monoisotopic (exact) mass is 370 g/mol. The summed E-state index contributed by atoms with van der Waals surface area (Å²) in [6.07, 6.45) is 5.35. The number of benzene rings is 1. The molecule has 144 valence electrons. The van der Waals surface area contributed by atoms with Crippen LogP contribution in [0.5, 0.6) is 11.6 Å². The summed E-state index contributed by atoms with van der Waals surface area (Å²) in [7, 11) is 5.44. The van der Waals surface area contributed by atoms with E-state index in [1.165, 1.54) is 0 Å². The molecule has 1 aliphatic heterocycles. The van der Waals surface area contributed by atoms with Crippen LogP contribution in [0.15, 0.2) is 36.7 Å². The maximum Gasteiger partial charge on any atom is 0.257 e. The van der Waals surface area contributed by atoms with Crippen molar-refractivity contribution in [2.24, 2.45) is 0 Å². The van der Waals surface area contributed by atoms with Crippen molar-refractivity contribution < 1.29 is 14.3 Å². The van der Waals surface area contributed by atoms with Crippen molar-refractivity contribution in [2.45, 2.75) is 25.4 Å². The number of amides is 1. The van der Waals surface area contributed by atoms with Gasteiger partial charge in [-0.3, -0.25) is 4.79 Å². The quantitative estimate of drug-likeness (QED) is 0.776. The summed E-state index contributed by atoms with van der Waals surface area (Å²) in [6, 6.07) is 7.63. The minimum Gasteiger partial charge on any atom is -0.497 e. The van der Waals surface area contributed by atoms with Crippen LogP contribution < -0.4 is 14.4 Å². The molecule has 1 amide bonds. The van der Waals surface area contributed by atoms with Crippen molar-refractivity contribution in [1.29, 1.82) is 0 Å². The number of rotatable bonds is 6. The summed E-state index contributed by atoms with van der Waals surface area (Å²) >= 11 is 0. The van der Waals surface area contributed by atoms with Crippen molar-refractivity contribution in [2.75, 3.05) is 39.2 Å². The highest BCUT2D eigenvalue weighted by atomic mass is 16.5. The van der Waals surface area contributed by atoms with Gasteiger partial charge in [0.15, 0.2) is 5.82 Å². The van der Waals surface area contributed by atoms with E-state index in [0.29, 0.717) is 24.7 Å². The molecule has 1 unspecified atom stereocenters. The lowest BCUT2D eigenvalue weighted by Gasteiger charge is -2.33. The molecule has 1 fully saturated rings. The van der Waals surface area contributed by atoms with Crippen LogP contribution in [-0.4, -0.2) is 61.2 Å². The van der Waals surface area contributed by atoms with Crippen molar-refractivity contribution in [3.63, 3.8) is 0 Å². The Morgan fingerprint density at radius 3 is 2.89 bits per heavy atom. The molecule has 7 nitrogen and oxygen atoms in total. The summed E-state index contributed by atoms with van der Waals surface area (Å²) in [5, 5.41) is 0. The number of carbonyl (C=O) groups excluding carboxylic acids is 1. The average molecular weight is 370 g/mol. The van der Waals surface area contributed by atoms with Gasteiger partial charge in [0.25, 0.3) is 5.88 Å². The number of aromatic nitrogens is 2. The molecular weight excluding hydrogens is 344 g/mol. The summed E-state index contributed by atoms with van der Waals surface area (Å²) in [4.78, 5) is 25.1. The van der Waals surface area contributed by atoms with E-state index in [9.17, 15) is 4.79 Å². The fraction of sp³-hybridized carbons (Fsp3) is 0.450. The molecule has 0 spiro atoms. The van der Waals surface area contributed by atoms with Gasteiger partial charge in [0, 0.05) is 33.0 Å². The van der Waals surface area contributed by atoms with Gasteiger partial charge in [-0.2, -0.15) is 0 Å². The lowest BCUT2D eigenvalue weighted by Crippen LogP contribution is -2.45. The van der Waals surface area contributed by atoms with Crippen LogP contribution in [0.25, 0.3) is 0 Å². The minimum atomic E-state index is -0.0802. The van der Waals surface area contributed by atoms with Crippen LogP contribution in [0.1, 0.15) is 18.4 Å². The van der Waals surface area contributed by atoms with Crippen molar-refractivity contribution in [1.82, 2.24) is 14.9 Å². The van der Waals surface area contributed by atoms with Crippen LogP contribution in [0.2, 0.25) is 0 Å². The first kappa shape index (κ1) is 18.9. The number of nitrogens with zero attached hydrogens (tertiary/aromatic N) is 4. The molecule has 0 saturated carbocycles. The number of hydrogen-bond acceptors (Lipinski definition) is 6. The Morgan fingerprint density at radius 1 is 1.30 bits per heavy atom. The molecule has 2 aromatic rings. The van der Waals surface area contributed by atoms with E-state index in [1.807, 2.05) is 48.2 Å². The Kier molecular flexibility index (Phi) is 6.11. The van der Waals surface area contributed by atoms with Gasteiger partial charge in [-0.15, -0.1) is 0 Å². The largest absolute Gasteiger partial charge is 0.497 e. The van der Waals surface area contributed by atoms with Gasteiger partial charge < -0.3 is 19.3 Å². The molecule has 1 aliphatic rings. The Morgan fingerprint density at radius 2 is 2.11 bits per heavy atom. The second-order valence-corrected chi connectivity index (χ2v) is 6.83. The first-order chi connectivity index (χ1) is 13.1. The summed E-state index contributed by atoms with van der Waals surface area (Å²) in [5.41, 5.74) is 0.950. The van der Waals surface area contributed by atoms with E-state index in [1.54, 1.807) is 19.5 Å².